The van der Waals surface area contributed by atoms with Crippen molar-refractivity contribution in [3.05, 3.63) is 35.8 Å². The molecule has 0 bridgehead atoms. The van der Waals surface area contributed by atoms with E-state index in [1.807, 2.05) is 17.8 Å². The van der Waals surface area contributed by atoms with Crippen LogP contribution in [-0.2, 0) is 4.79 Å². The normalized spacial score (nSPS) is 22.0. The molecule has 3 heterocycles. The quantitative estimate of drug-likeness (QED) is 0.665. The second-order valence-electron chi connectivity index (χ2n) is 7.64. The Hall–Kier alpha value is -3.47. The Morgan fingerprint density at radius 3 is 2.93 bits per heavy atom. The van der Waals surface area contributed by atoms with E-state index in [-0.39, 0.29) is 29.0 Å². The van der Waals surface area contributed by atoms with Gasteiger partial charge in [-0.3, -0.25) is 9.48 Å². The van der Waals surface area contributed by atoms with Crippen LogP contribution in [0.5, 0.6) is 0 Å². The molecule has 2 saturated carbocycles. The number of nitrogens with one attached hydrogen (secondary N) is 2. The maximum absolute atomic E-state index is 12.3. The molecule has 2 atom stereocenters. The highest BCUT2D eigenvalue weighted by Gasteiger charge is 2.39. The van der Waals surface area contributed by atoms with Crippen molar-refractivity contribution in [2.24, 2.45) is 11.8 Å². The molecular weight excluding hydrogens is 366 g/mol. The Morgan fingerprint density at radius 1 is 1.31 bits per heavy atom. The number of aromatic nitrogens is 5. The molecule has 1 amide bonds. The summed E-state index contributed by atoms with van der Waals surface area (Å²) in [5.74, 6) is 6.77. The molecule has 8 nitrogen and oxygen atoms in total. The highest BCUT2D eigenvalue weighted by molar-refractivity contribution is 5.97. The lowest BCUT2D eigenvalue weighted by Crippen LogP contribution is -2.16. The Morgan fingerprint density at radius 2 is 2.17 bits per heavy atom. The molecule has 2 N–H and O–H groups in total. The average molecular weight is 390 g/mol. The van der Waals surface area contributed by atoms with Crippen LogP contribution in [0.1, 0.15) is 47.5 Å². The lowest BCUT2D eigenvalue weighted by Gasteiger charge is -2.08. The summed E-state index contributed by atoms with van der Waals surface area (Å²) in [6.07, 6.45) is 8.24. The fourth-order valence-corrected chi connectivity index (χ4v) is 3.27. The minimum atomic E-state index is -2.44. The topological polar surface area (TPSA) is 97.6 Å². The number of hydrogen-bond acceptors (Lipinski definition) is 6. The first-order valence-electron chi connectivity index (χ1n) is 11.1. The number of rotatable bonds is 4. The zero-order valence-corrected chi connectivity index (χ0v) is 15.8. The maximum atomic E-state index is 12.3. The number of amides is 1. The molecule has 0 saturated heterocycles. The van der Waals surface area contributed by atoms with Gasteiger partial charge in [-0.25, -0.2) is 4.98 Å². The molecule has 0 aliphatic heterocycles. The van der Waals surface area contributed by atoms with Crippen molar-refractivity contribution in [2.45, 2.75) is 32.2 Å². The van der Waals surface area contributed by atoms with Gasteiger partial charge < -0.3 is 10.6 Å². The van der Waals surface area contributed by atoms with Crippen LogP contribution in [0.3, 0.4) is 0 Å². The fraction of sp³-hybridized carbons (Fsp3) is 0.381. The van der Waals surface area contributed by atoms with Crippen molar-refractivity contribution in [3.8, 4) is 11.8 Å². The van der Waals surface area contributed by atoms with Gasteiger partial charge in [0.25, 0.3) is 0 Å². The van der Waals surface area contributed by atoms with Gasteiger partial charge >= 0.3 is 0 Å². The smallest absolute Gasteiger partial charge is 0.228 e. The molecule has 0 spiro atoms. The van der Waals surface area contributed by atoms with E-state index in [2.05, 4.69) is 42.8 Å². The molecule has 2 aliphatic rings. The molecule has 3 aromatic heterocycles. The van der Waals surface area contributed by atoms with Crippen LogP contribution in [0.15, 0.2) is 24.7 Å². The predicted molar refractivity (Wildman–Crippen MR) is 109 cm³/mol. The van der Waals surface area contributed by atoms with E-state index in [0.717, 1.165) is 24.8 Å². The third-order valence-electron chi connectivity index (χ3n) is 5.31. The summed E-state index contributed by atoms with van der Waals surface area (Å²) in [5.41, 5.74) is 1.58. The first-order chi connectivity index (χ1) is 15.3. The van der Waals surface area contributed by atoms with E-state index in [0.29, 0.717) is 22.9 Å². The monoisotopic (exact) mass is 390 g/mol. The Kier molecular flexibility index (Phi) is 3.43. The van der Waals surface area contributed by atoms with Gasteiger partial charge in [0.05, 0.1) is 23.4 Å². The minimum absolute atomic E-state index is 0.0139. The molecule has 0 radical (unpaired) electrons. The molecule has 29 heavy (non-hydrogen) atoms. The van der Waals surface area contributed by atoms with E-state index in [4.69, 9.17) is 4.11 Å². The molecule has 2 aliphatic carbocycles. The van der Waals surface area contributed by atoms with Gasteiger partial charge in [-0.15, -0.1) is 10.2 Å². The largest absolute Gasteiger partial charge is 0.371 e. The van der Waals surface area contributed by atoms with E-state index in [1.165, 1.54) is 6.20 Å². The molecule has 5 rings (SSSR count). The summed E-state index contributed by atoms with van der Waals surface area (Å²) in [6, 6.07) is 2.12. The average Bonchev–Trinajstić information content (AvgIpc) is 3.66. The zero-order chi connectivity index (χ0) is 22.5. The number of anilines is 2. The second-order valence-corrected chi connectivity index (χ2v) is 7.64. The molecule has 0 unspecified atom stereocenters. The first kappa shape index (κ1) is 14.5. The Balaban J connectivity index is 1.51. The van der Waals surface area contributed by atoms with Gasteiger partial charge in [0.15, 0.2) is 11.6 Å². The highest BCUT2D eigenvalue weighted by Crippen LogP contribution is 2.38. The molecule has 3 aromatic rings. The standard InChI is InChI=1S/C21H21N7O/c1-12-7-16(12)21(29)25-18-8-17-14(10-23-20(22-2)19(17)27-26-18)4-3-13-9-24-28(11-13)15-5-6-15/h8-12,15-16H,5-7H2,1-2H3,(H,22,23)(H,25,26,29)/t12-,16+/m1/s1/i2D3. The number of carbonyl (C=O) groups excluding carboxylic acids is 1. The highest BCUT2D eigenvalue weighted by atomic mass is 16.2. The molecule has 0 aromatic carbocycles. The van der Waals surface area contributed by atoms with Gasteiger partial charge in [-0.1, -0.05) is 18.8 Å². The SMILES string of the molecule is [2H]C([2H])([2H])Nc1ncc(C#Cc2cnn(C3CC3)c2)c2cc(NC(=O)[C@H]3C[C@H]3C)nnc12. The molecular formula is C21H21N7O. The number of nitrogens with zero attached hydrogens (tertiary/aromatic N) is 5. The zero-order valence-electron chi connectivity index (χ0n) is 18.8. The van der Waals surface area contributed by atoms with Crippen molar-refractivity contribution in [1.29, 1.82) is 0 Å². The summed E-state index contributed by atoms with van der Waals surface area (Å²) in [4.78, 5) is 16.5. The van der Waals surface area contributed by atoms with Crippen molar-refractivity contribution >= 4 is 28.4 Å². The van der Waals surface area contributed by atoms with Crippen LogP contribution in [0.25, 0.3) is 10.9 Å². The number of carbonyl (C=O) groups is 1. The van der Waals surface area contributed by atoms with Crippen LogP contribution < -0.4 is 10.6 Å². The number of pyridine rings is 1. The van der Waals surface area contributed by atoms with Crippen molar-refractivity contribution < 1.29 is 8.91 Å². The van der Waals surface area contributed by atoms with Gasteiger partial charge in [-0.05, 0) is 31.2 Å². The van der Waals surface area contributed by atoms with Crippen molar-refractivity contribution in [2.75, 3.05) is 17.6 Å². The summed E-state index contributed by atoms with van der Waals surface area (Å²) >= 11 is 0. The van der Waals surface area contributed by atoms with Crippen molar-refractivity contribution in [1.82, 2.24) is 25.0 Å². The molecule has 2 fully saturated rings. The first-order valence-corrected chi connectivity index (χ1v) is 9.58. The summed E-state index contributed by atoms with van der Waals surface area (Å²) in [6.45, 7) is -0.422. The maximum Gasteiger partial charge on any atom is 0.228 e. The Bertz CT molecular complexity index is 1270. The van der Waals surface area contributed by atoms with Crippen LogP contribution >= 0.6 is 0 Å². The molecule has 8 heteroatoms. The summed E-state index contributed by atoms with van der Waals surface area (Å²) in [5, 5.41) is 18.3. The number of fused-ring (bicyclic) bond motifs is 1. The van der Waals surface area contributed by atoms with Crippen molar-refractivity contribution in [3.63, 3.8) is 0 Å². The summed E-state index contributed by atoms with van der Waals surface area (Å²) < 4.78 is 24.4. The lowest BCUT2D eigenvalue weighted by atomic mass is 10.1. The van der Waals surface area contributed by atoms with E-state index >= 15 is 0 Å². The van der Waals surface area contributed by atoms with Gasteiger partial charge in [0, 0.05) is 34.8 Å². The number of hydrogen-bond donors (Lipinski definition) is 2. The third kappa shape index (κ3) is 3.51. The van der Waals surface area contributed by atoms with E-state index in [1.54, 1.807) is 12.3 Å². The minimum Gasteiger partial charge on any atom is -0.371 e. The second kappa shape index (κ2) is 6.85. The molecule has 146 valence electrons. The fourth-order valence-electron chi connectivity index (χ4n) is 3.27. The van der Waals surface area contributed by atoms with Crippen LogP contribution in [0, 0.1) is 23.7 Å². The van der Waals surface area contributed by atoms with Crippen LogP contribution in [0.2, 0.25) is 0 Å². The van der Waals surface area contributed by atoms with E-state index in [9.17, 15) is 4.79 Å². The third-order valence-corrected chi connectivity index (χ3v) is 5.31. The lowest BCUT2D eigenvalue weighted by molar-refractivity contribution is -0.117. The predicted octanol–water partition coefficient (Wildman–Crippen LogP) is 2.59. The van der Waals surface area contributed by atoms with E-state index < -0.39 is 6.98 Å². The Labute approximate surface area is 172 Å². The van der Waals surface area contributed by atoms with Crippen LogP contribution in [-0.4, -0.2) is 37.8 Å². The van der Waals surface area contributed by atoms with Gasteiger partial charge in [0.2, 0.25) is 5.91 Å². The van der Waals surface area contributed by atoms with Gasteiger partial charge in [0.1, 0.15) is 5.52 Å². The summed E-state index contributed by atoms with van der Waals surface area (Å²) in [7, 11) is 0. The van der Waals surface area contributed by atoms with Gasteiger partial charge in [-0.2, -0.15) is 5.10 Å². The van der Waals surface area contributed by atoms with Crippen LogP contribution in [0.4, 0.5) is 11.6 Å².